The lowest BCUT2D eigenvalue weighted by Gasteiger charge is -2.45. The molecule has 0 aliphatic carbocycles. The third-order valence-corrected chi connectivity index (χ3v) is 6.70. The molecule has 3 atom stereocenters. The van der Waals surface area contributed by atoms with E-state index in [1.807, 2.05) is 60.7 Å². The van der Waals surface area contributed by atoms with Gasteiger partial charge in [-0.2, -0.15) is 0 Å². The molecule has 0 radical (unpaired) electrons. The van der Waals surface area contributed by atoms with Crippen LogP contribution in [0.15, 0.2) is 72.8 Å². The normalized spacial score (nSPS) is 21.2. The third-order valence-electron chi connectivity index (χ3n) is 6.70. The van der Waals surface area contributed by atoms with Crippen molar-refractivity contribution in [3.05, 3.63) is 101 Å². The Hall–Kier alpha value is -3.69. The summed E-state index contributed by atoms with van der Waals surface area (Å²) in [5.41, 5.74) is 1.76. The van der Waals surface area contributed by atoms with Gasteiger partial charge < -0.3 is 19.2 Å². The molecule has 5 rings (SSSR count). The number of ether oxygens (including phenoxy) is 2. The molecule has 7 nitrogen and oxygen atoms in total. The van der Waals surface area contributed by atoms with E-state index in [0.717, 1.165) is 5.56 Å². The number of hydrogen-bond donors (Lipinski definition) is 1. The van der Waals surface area contributed by atoms with Gasteiger partial charge in [-0.3, -0.25) is 4.90 Å². The van der Waals surface area contributed by atoms with E-state index in [9.17, 15) is 14.6 Å². The number of halogens is 1. The predicted octanol–water partition coefficient (Wildman–Crippen LogP) is 4.23. The van der Waals surface area contributed by atoms with Crippen LogP contribution in [-0.2, 0) is 32.0 Å². The Morgan fingerprint density at radius 2 is 1.71 bits per heavy atom. The van der Waals surface area contributed by atoms with Gasteiger partial charge >= 0.3 is 19.2 Å². The standard InChI is InChI=1S/C29H29BFNO6/c1-29(2,3)38-28(34)32-24(16-20-14-22-21(15-23(20)31)17-36-30(22)35)27(33)37-26(19-12-8-5-9-13-19)25(32)18-10-6-4-7-11-18/h4-15,24-26,35H,16-17H2,1-3H3/t24-,25-,26+/m0/s1. The molecule has 2 aliphatic rings. The van der Waals surface area contributed by atoms with E-state index >= 15 is 4.39 Å². The molecular weight excluding hydrogens is 488 g/mol. The summed E-state index contributed by atoms with van der Waals surface area (Å²) in [6.45, 7) is 5.33. The maximum Gasteiger partial charge on any atom is 0.491 e. The first kappa shape index (κ1) is 25.9. The van der Waals surface area contributed by atoms with Crippen LogP contribution in [-0.4, -0.2) is 40.7 Å². The molecule has 0 spiro atoms. The molecule has 196 valence electrons. The van der Waals surface area contributed by atoms with Crippen molar-refractivity contribution in [2.24, 2.45) is 0 Å². The molecule has 3 aromatic rings. The highest BCUT2D eigenvalue weighted by molar-refractivity contribution is 6.61. The number of rotatable bonds is 4. The van der Waals surface area contributed by atoms with Crippen molar-refractivity contribution in [3.8, 4) is 0 Å². The zero-order valence-electron chi connectivity index (χ0n) is 21.5. The predicted molar refractivity (Wildman–Crippen MR) is 139 cm³/mol. The first-order valence-electron chi connectivity index (χ1n) is 12.5. The quantitative estimate of drug-likeness (QED) is 0.412. The number of hydrogen-bond acceptors (Lipinski definition) is 6. The molecule has 0 bridgehead atoms. The van der Waals surface area contributed by atoms with E-state index in [4.69, 9.17) is 14.1 Å². The summed E-state index contributed by atoms with van der Waals surface area (Å²) in [4.78, 5) is 28.7. The van der Waals surface area contributed by atoms with Gasteiger partial charge in [-0.15, -0.1) is 0 Å². The highest BCUT2D eigenvalue weighted by atomic mass is 19.1. The Morgan fingerprint density at radius 3 is 2.34 bits per heavy atom. The minimum absolute atomic E-state index is 0.0953. The van der Waals surface area contributed by atoms with Crippen LogP contribution in [0.2, 0.25) is 0 Å². The highest BCUT2D eigenvalue weighted by Gasteiger charge is 2.49. The van der Waals surface area contributed by atoms with Gasteiger partial charge in [0.2, 0.25) is 0 Å². The molecule has 0 aromatic heterocycles. The molecule has 0 unspecified atom stereocenters. The number of amides is 1. The zero-order valence-corrected chi connectivity index (χ0v) is 21.5. The van der Waals surface area contributed by atoms with Gasteiger partial charge in [0.15, 0.2) is 6.10 Å². The number of benzene rings is 3. The van der Waals surface area contributed by atoms with Crippen molar-refractivity contribution >= 4 is 24.6 Å². The fraction of sp³-hybridized carbons (Fsp3) is 0.310. The molecule has 1 amide bonds. The van der Waals surface area contributed by atoms with Crippen LogP contribution in [0.1, 0.15) is 55.2 Å². The third kappa shape index (κ3) is 5.17. The first-order chi connectivity index (χ1) is 18.1. The fourth-order valence-corrected chi connectivity index (χ4v) is 4.99. The largest absolute Gasteiger partial charge is 0.491 e. The first-order valence-corrected chi connectivity index (χ1v) is 12.5. The Balaban J connectivity index is 1.61. The van der Waals surface area contributed by atoms with Crippen molar-refractivity contribution < 1.29 is 33.1 Å². The molecule has 2 aliphatic heterocycles. The minimum Gasteiger partial charge on any atom is -0.453 e. The van der Waals surface area contributed by atoms with Crippen LogP contribution < -0.4 is 5.46 Å². The van der Waals surface area contributed by atoms with E-state index < -0.39 is 48.8 Å². The van der Waals surface area contributed by atoms with E-state index in [-0.39, 0.29) is 18.6 Å². The molecular formula is C29H29BFNO6. The number of fused-ring (bicyclic) bond motifs is 1. The number of esters is 1. The van der Waals surface area contributed by atoms with Crippen molar-refractivity contribution in [3.63, 3.8) is 0 Å². The Labute approximate surface area is 221 Å². The molecule has 9 heteroatoms. The second-order valence-corrected chi connectivity index (χ2v) is 10.5. The van der Waals surface area contributed by atoms with Crippen LogP contribution in [0.5, 0.6) is 0 Å². The lowest BCUT2D eigenvalue weighted by Crippen LogP contribution is -2.56. The Morgan fingerprint density at radius 1 is 1.08 bits per heavy atom. The highest BCUT2D eigenvalue weighted by Crippen LogP contribution is 2.43. The van der Waals surface area contributed by atoms with E-state index in [1.165, 1.54) is 17.0 Å². The van der Waals surface area contributed by atoms with E-state index in [2.05, 4.69) is 0 Å². The average Bonchev–Trinajstić information content (AvgIpc) is 3.23. The molecule has 0 saturated carbocycles. The van der Waals surface area contributed by atoms with Crippen LogP contribution in [0, 0.1) is 5.82 Å². The second kappa shape index (κ2) is 10.2. The molecule has 1 saturated heterocycles. The summed E-state index contributed by atoms with van der Waals surface area (Å²) in [5, 5.41) is 10.2. The van der Waals surface area contributed by atoms with Crippen LogP contribution in [0.3, 0.4) is 0 Å². The lowest BCUT2D eigenvalue weighted by atomic mass is 9.78. The number of nitrogens with zero attached hydrogens (tertiary/aromatic N) is 1. The summed E-state index contributed by atoms with van der Waals surface area (Å²) in [6, 6.07) is 19.3. The number of carbonyl (C=O) groups excluding carboxylic acids is 2. The lowest BCUT2D eigenvalue weighted by molar-refractivity contribution is -0.174. The molecule has 1 fully saturated rings. The maximum atomic E-state index is 15.2. The van der Waals surface area contributed by atoms with Crippen molar-refractivity contribution in [1.29, 1.82) is 0 Å². The molecule has 3 aromatic carbocycles. The topological polar surface area (TPSA) is 85.3 Å². The van der Waals surface area contributed by atoms with Gasteiger partial charge in [-0.25, -0.2) is 14.0 Å². The van der Waals surface area contributed by atoms with Gasteiger partial charge in [0.25, 0.3) is 0 Å². The van der Waals surface area contributed by atoms with E-state index in [0.29, 0.717) is 16.6 Å². The number of cyclic esters (lactones) is 1. The molecule has 1 N–H and O–H groups in total. The van der Waals surface area contributed by atoms with Crippen molar-refractivity contribution in [2.75, 3.05) is 0 Å². The van der Waals surface area contributed by atoms with Gasteiger partial charge in [0.05, 0.1) is 6.61 Å². The van der Waals surface area contributed by atoms with Gasteiger partial charge in [0.1, 0.15) is 23.5 Å². The van der Waals surface area contributed by atoms with Gasteiger partial charge in [-0.05, 0) is 54.6 Å². The SMILES string of the molecule is CC(C)(C)OC(=O)N1[C@@H](Cc2cc3c(cc2F)COB3O)C(=O)O[C@H](c2ccccc2)[C@@H]1c1ccccc1. The van der Waals surface area contributed by atoms with Crippen LogP contribution >= 0.6 is 0 Å². The summed E-state index contributed by atoms with van der Waals surface area (Å²) < 4.78 is 32.2. The smallest absolute Gasteiger partial charge is 0.453 e. The molecule has 38 heavy (non-hydrogen) atoms. The van der Waals surface area contributed by atoms with E-state index in [1.54, 1.807) is 20.8 Å². The molecule has 2 heterocycles. The van der Waals surface area contributed by atoms with Crippen LogP contribution in [0.25, 0.3) is 0 Å². The fourth-order valence-electron chi connectivity index (χ4n) is 4.99. The number of carbonyl (C=O) groups is 2. The minimum atomic E-state index is -1.18. The van der Waals surface area contributed by atoms with Gasteiger partial charge in [-0.1, -0.05) is 66.7 Å². The monoisotopic (exact) mass is 517 g/mol. The van der Waals surface area contributed by atoms with Crippen molar-refractivity contribution in [1.82, 2.24) is 4.90 Å². The van der Waals surface area contributed by atoms with Crippen LogP contribution in [0.4, 0.5) is 9.18 Å². The van der Waals surface area contributed by atoms with Gasteiger partial charge in [0, 0.05) is 6.42 Å². The maximum absolute atomic E-state index is 15.2. The van der Waals surface area contributed by atoms with Crippen molar-refractivity contribution in [2.45, 2.75) is 57.6 Å². The number of morpholine rings is 1. The average molecular weight is 517 g/mol. The summed E-state index contributed by atoms with van der Waals surface area (Å²) in [7, 11) is -1.18. The summed E-state index contributed by atoms with van der Waals surface area (Å²) >= 11 is 0. The summed E-state index contributed by atoms with van der Waals surface area (Å²) in [6.07, 6.45) is -1.69. The zero-order chi connectivity index (χ0) is 27.0. The Kier molecular flexibility index (Phi) is 6.98. The second-order valence-electron chi connectivity index (χ2n) is 10.5. The Bertz CT molecular complexity index is 1330. The summed E-state index contributed by atoms with van der Waals surface area (Å²) in [5.74, 6) is -1.23.